The molecule has 0 N–H and O–H groups in total. The number of furan rings is 7. The van der Waals surface area contributed by atoms with Gasteiger partial charge in [0.15, 0.2) is 11.6 Å². The van der Waals surface area contributed by atoms with Crippen LogP contribution < -0.4 is 64.1 Å². The van der Waals surface area contributed by atoms with E-state index in [1.807, 2.05) is 188 Å². The van der Waals surface area contributed by atoms with Gasteiger partial charge < -0.3 is 30.9 Å². The second kappa shape index (κ2) is 28.9. The average molecular weight is 1630 g/mol. The Morgan fingerprint density at radius 3 is 0.740 bits per heavy atom. The van der Waals surface area contributed by atoms with Crippen LogP contribution in [-0.2, 0) is 0 Å². The third-order valence-corrected chi connectivity index (χ3v) is 25.5. The third kappa shape index (κ3) is 11.4. The summed E-state index contributed by atoms with van der Waals surface area (Å²) in [6.07, 6.45) is 0. The van der Waals surface area contributed by atoms with Crippen LogP contribution in [0.3, 0.4) is 0 Å². The van der Waals surface area contributed by atoms with Gasteiger partial charge in [-0.25, -0.2) is 15.0 Å². The van der Waals surface area contributed by atoms with Crippen molar-refractivity contribution in [1.29, 1.82) is 0 Å². The number of benzene rings is 17. The molecule has 16 heteroatoms. The maximum absolute atomic E-state index is 6.74. The molecule has 0 aliphatic carbocycles. The van der Waals surface area contributed by atoms with Crippen LogP contribution in [0.1, 0.15) is 0 Å². The number of anilines is 9. The van der Waals surface area contributed by atoms with Crippen molar-refractivity contribution in [3.63, 3.8) is 0 Å². The summed E-state index contributed by atoms with van der Waals surface area (Å²) in [6, 6.07) is 140. The molecule has 127 heavy (non-hydrogen) atoms. The SMILES string of the molecule is c1ccc(-c2nc(B3c4c(oc5ccccc45)N(c4ccccc4)c4oc5ccccc5c43)nc(-c3ccccc3)n2)cc1.c1ccc(N2c3oc4ccccc4c3B(c3ccc4c(c3)oc3ccccc34)c3c2oc2ccccc32)cc1.c1ccc(N2c3oc4ccccc4c3B(c3ccc4c5ccccc5c5ccccc5c4c3)c3c2oc2ccccc32)cc1. The largest absolute Gasteiger partial charge is 0.456 e. The van der Waals surface area contributed by atoms with E-state index in [4.69, 9.17) is 45.9 Å². The van der Waals surface area contributed by atoms with E-state index in [1.54, 1.807) is 0 Å². The summed E-state index contributed by atoms with van der Waals surface area (Å²) in [7, 11) is 0. The Labute approximate surface area is 727 Å². The van der Waals surface area contributed by atoms with Crippen LogP contribution in [0.15, 0.2) is 437 Å². The predicted octanol–water partition coefficient (Wildman–Crippen LogP) is 23.3. The third-order valence-electron chi connectivity index (χ3n) is 25.5. The lowest BCUT2D eigenvalue weighted by Gasteiger charge is -2.30. The van der Waals surface area contributed by atoms with Crippen LogP contribution in [0.4, 0.5) is 52.4 Å². The van der Waals surface area contributed by atoms with E-state index in [-0.39, 0.29) is 20.1 Å². The lowest BCUT2D eigenvalue weighted by atomic mass is 9.35. The molecular weight excluding hydrogens is 1560 g/mol. The predicted molar refractivity (Wildman–Crippen MR) is 519 cm³/mol. The van der Waals surface area contributed by atoms with Crippen molar-refractivity contribution in [3.8, 4) is 22.8 Å². The Morgan fingerprint density at radius 2 is 0.409 bits per heavy atom. The lowest BCUT2D eigenvalue weighted by Crippen LogP contribution is -2.58. The number of rotatable bonds is 8. The molecule has 0 radical (unpaired) electrons. The highest BCUT2D eigenvalue weighted by Crippen LogP contribution is 2.47. The first-order chi connectivity index (χ1) is 63.0. The van der Waals surface area contributed by atoms with Crippen LogP contribution in [0.25, 0.3) is 143 Å². The molecule has 25 aromatic rings. The van der Waals surface area contributed by atoms with E-state index in [2.05, 4.69) is 233 Å². The Balaban J connectivity index is 0.000000101. The van der Waals surface area contributed by atoms with Gasteiger partial charge in [0.25, 0.3) is 13.4 Å². The van der Waals surface area contributed by atoms with Crippen LogP contribution in [-0.4, -0.2) is 35.1 Å². The maximum atomic E-state index is 6.74. The molecule has 0 amide bonds. The van der Waals surface area contributed by atoms with Gasteiger partial charge in [0.05, 0.1) is 17.1 Å². The first kappa shape index (κ1) is 71.9. The quantitative estimate of drug-likeness (QED) is 0.105. The normalized spacial score (nSPS) is 12.8. The van der Waals surface area contributed by atoms with Gasteiger partial charge in [-0.1, -0.05) is 332 Å². The molecule has 3 aliphatic heterocycles. The van der Waals surface area contributed by atoms with Gasteiger partial charge in [-0.2, -0.15) is 0 Å². The molecule has 0 atom stereocenters. The minimum absolute atomic E-state index is 0.0955. The fraction of sp³-hybridized carbons (Fsp3) is 0. The van der Waals surface area contributed by atoms with Crippen molar-refractivity contribution in [2.45, 2.75) is 0 Å². The summed E-state index contributed by atoms with van der Waals surface area (Å²) >= 11 is 0. The summed E-state index contributed by atoms with van der Waals surface area (Å²) in [4.78, 5) is 21.7. The molecule has 592 valence electrons. The maximum Gasteiger partial charge on any atom is 0.304 e. The Bertz CT molecular complexity index is 8350. The van der Waals surface area contributed by atoms with Gasteiger partial charge in [0.1, 0.15) is 50.4 Å². The van der Waals surface area contributed by atoms with Gasteiger partial charge >= 0.3 is 6.71 Å². The number of fused-ring (bicyclic) bond motifs is 27. The first-order valence-electron chi connectivity index (χ1n) is 42.8. The van der Waals surface area contributed by atoms with Crippen molar-refractivity contribution in [2.24, 2.45) is 0 Å². The summed E-state index contributed by atoms with van der Waals surface area (Å²) in [5.41, 5.74) is 21.1. The topological polar surface area (TPSA) is 140 Å². The van der Waals surface area contributed by atoms with E-state index in [1.165, 1.54) is 37.8 Å². The van der Waals surface area contributed by atoms with Gasteiger partial charge in [0, 0.05) is 87.0 Å². The minimum atomic E-state index is -0.389. The average Bonchev–Trinajstić information content (AvgIpc) is 1.58. The number of hydrogen-bond donors (Lipinski definition) is 0. The monoisotopic (exact) mass is 1630 g/mol. The van der Waals surface area contributed by atoms with E-state index < -0.39 is 0 Å². The summed E-state index contributed by atoms with van der Waals surface area (Å²) in [5, 5.41) is 16.3. The standard InChI is InChI=1S/C40H24BNO2.C37H23BN4O2.C34H20BNO3/c1-2-12-26(13-3-1)42-39-37(32-18-8-10-20-35(32)43-39)41(38-33-19-9-11-21-36(33)44-40(38)42)25-22-23-31-29-16-5-4-14-27(29)28-15-6-7-17-30(28)34(31)24-25;1-4-14-24(15-5-1)33-39-34(25-16-6-2-7-17-25)41-37(40-33)38-31-27-20-10-12-22-29(27)43-35(31)42(26-18-8-3-9-19-26)36-32(38)28-21-11-13-23-30(28)44-36;1-2-10-22(11-3-1)36-33-31(25-13-5-8-16-28(25)38-33)35(32-26-14-6-9-17-29(26)39-34(32)36)21-18-19-24-23-12-4-7-15-27(23)37-30(24)20-21/h1-24H;1-23H;1-20H. The van der Waals surface area contributed by atoms with Crippen LogP contribution in [0, 0.1) is 0 Å². The summed E-state index contributed by atoms with van der Waals surface area (Å²) in [6.45, 7) is -0.595. The Hall–Kier alpha value is -16.8. The Kier molecular flexibility index (Phi) is 16.4. The van der Waals surface area contributed by atoms with Gasteiger partial charge in [0.2, 0.25) is 35.3 Å². The van der Waals surface area contributed by atoms with E-state index in [9.17, 15) is 0 Å². The second-order valence-electron chi connectivity index (χ2n) is 32.5. The number of aromatic nitrogens is 3. The molecular formula is C111H67B3N6O7. The molecule has 8 aromatic heterocycles. The first-order valence-corrected chi connectivity index (χ1v) is 42.8. The Morgan fingerprint density at radius 1 is 0.173 bits per heavy atom. The number of nitrogens with zero attached hydrogens (tertiary/aromatic N) is 6. The zero-order valence-corrected chi connectivity index (χ0v) is 68.0. The molecule has 17 aromatic carbocycles. The fourth-order valence-electron chi connectivity index (χ4n) is 20.0. The van der Waals surface area contributed by atoms with Crippen LogP contribution >= 0.6 is 0 Å². The molecule has 0 saturated carbocycles. The molecule has 0 bridgehead atoms. The van der Waals surface area contributed by atoms with Crippen molar-refractivity contribution >= 4 is 242 Å². The molecule has 3 aliphatic rings. The molecule has 11 heterocycles. The van der Waals surface area contributed by atoms with Crippen molar-refractivity contribution in [2.75, 3.05) is 14.7 Å². The zero-order chi connectivity index (χ0) is 83.3. The molecule has 0 fully saturated rings. The second-order valence-corrected chi connectivity index (χ2v) is 32.5. The summed E-state index contributed by atoms with van der Waals surface area (Å²) < 4.78 is 46.5. The molecule has 13 nitrogen and oxygen atoms in total. The zero-order valence-electron chi connectivity index (χ0n) is 68.0. The van der Waals surface area contributed by atoms with Gasteiger partial charge in [-0.05, 0) is 117 Å². The summed E-state index contributed by atoms with van der Waals surface area (Å²) in [5.74, 6) is 5.78. The highest BCUT2D eigenvalue weighted by molar-refractivity contribution is 7.02. The van der Waals surface area contributed by atoms with E-state index >= 15 is 0 Å². The number of para-hydroxylation sites is 10. The van der Waals surface area contributed by atoms with Crippen molar-refractivity contribution < 1.29 is 30.9 Å². The van der Waals surface area contributed by atoms with Crippen molar-refractivity contribution in [3.05, 3.63) is 406 Å². The van der Waals surface area contributed by atoms with Crippen LogP contribution in [0.5, 0.6) is 0 Å². The minimum Gasteiger partial charge on any atom is -0.456 e. The van der Waals surface area contributed by atoms with Gasteiger partial charge in [-0.15, -0.1) is 0 Å². The lowest BCUT2D eigenvalue weighted by molar-refractivity contribution is 0.584. The van der Waals surface area contributed by atoms with E-state index in [0.29, 0.717) is 29.1 Å². The highest BCUT2D eigenvalue weighted by atomic mass is 16.4. The molecule has 28 rings (SSSR count). The molecule has 0 saturated heterocycles. The van der Waals surface area contributed by atoms with Crippen LogP contribution in [0.2, 0.25) is 0 Å². The smallest absolute Gasteiger partial charge is 0.304 e. The highest BCUT2D eigenvalue weighted by Gasteiger charge is 2.48. The number of hydrogen-bond acceptors (Lipinski definition) is 13. The fourth-order valence-corrected chi connectivity index (χ4v) is 20.0. The van der Waals surface area contributed by atoms with Gasteiger partial charge in [-0.3, -0.25) is 14.7 Å². The molecule has 0 unspecified atom stereocenters. The molecule has 0 spiro atoms. The van der Waals surface area contributed by atoms with E-state index in [0.717, 1.165) is 178 Å². The van der Waals surface area contributed by atoms with Crippen molar-refractivity contribution in [1.82, 2.24) is 15.0 Å².